The number of epoxide rings is 2. The summed E-state index contributed by atoms with van der Waals surface area (Å²) in [4.78, 5) is 0. The molecule has 0 aromatic rings. The Balaban J connectivity index is 0.000000285. The third-order valence-corrected chi connectivity index (χ3v) is 1.93. The summed E-state index contributed by atoms with van der Waals surface area (Å²) in [6, 6.07) is 0. The van der Waals surface area contributed by atoms with E-state index in [0.717, 1.165) is 26.4 Å². The molecule has 19 heavy (non-hydrogen) atoms. The lowest BCUT2D eigenvalue weighted by Crippen LogP contribution is -2.15. The minimum absolute atomic E-state index is 0.125. The molecule has 0 spiro atoms. The maximum atomic E-state index is 8.17. The van der Waals surface area contributed by atoms with Crippen LogP contribution in [0.25, 0.3) is 0 Å². The fourth-order valence-electron chi connectivity index (χ4n) is 0.717. The van der Waals surface area contributed by atoms with Crippen LogP contribution in [0.4, 0.5) is 0 Å². The summed E-state index contributed by atoms with van der Waals surface area (Å²) < 4.78 is 15.1. The number of aliphatic hydroxyl groups excluding tert-OH is 5. The highest BCUT2D eigenvalue weighted by Crippen LogP contribution is 2.12. The highest BCUT2D eigenvalue weighted by molar-refractivity contribution is 4.71. The standard InChI is InChI=1S/C6H10O3.C3H8O3.C2H6O2/c1(5-3-8-5)7-2-6-4-9-6;4-1-3(6)2-5;3-1-2-4/h5-6H,1-4H2;3-6H,1-2H2;3-4H,1-2H2. The Morgan fingerprint density at radius 3 is 1.42 bits per heavy atom. The molecular formula is C11H24O8. The molecule has 2 atom stereocenters. The molecule has 0 aromatic carbocycles. The lowest BCUT2D eigenvalue weighted by atomic mass is 10.4. The molecule has 0 aliphatic carbocycles. The summed E-state index contributed by atoms with van der Waals surface area (Å²) in [7, 11) is 0. The third-order valence-electron chi connectivity index (χ3n) is 1.93. The average Bonchev–Trinajstić information content (AvgIpc) is 3.33. The number of hydrogen-bond acceptors (Lipinski definition) is 8. The van der Waals surface area contributed by atoms with Crippen molar-refractivity contribution in [3.05, 3.63) is 0 Å². The number of rotatable bonds is 7. The normalized spacial score (nSPS) is 23.1. The highest BCUT2D eigenvalue weighted by Gasteiger charge is 2.26. The Morgan fingerprint density at radius 2 is 1.26 bits per heavy atom. The average molecular weight is 284 g/mol. The second kappa shape index (κ2) is 12.7. The van der Waals surface area contributed by atoms with E-state index >= 15 is 0 Å². The first-order valence-corrected chi connectivity index (χ1v) is 6.10. The van der Waals surface area contributed by atoms with Gasteiger partial charge in [0.25, 0.3) is 0 Å². The monoisotopic (exact) mass is 284 g/mol. The summed E-state index contributed by atoms with van der Waals surface area (Å²) >= 11 is 0. The quantitative estimate of drug-likeness (QED) is 0.314. The Morgan fingerprint density at radius 1 is 0.895 bits per heavy atom. The first-order valence-electron chi connectivity index (χ1n) is 6.10. The van der Waals surface area contributed by atoms with Gasteiger partial charge in [0.05, 0.1) is 52.9 Å². The molecule has 8 heteroatoms. The van der Waals surface area contributed by atoms with Crippen molar-refractivity contribution in [3.63, 3.8) is 0 Å². The van der Waals surface area contributed by atoms with E-state index < -0.39 is 6.10 Å². The molecule has 5 N–H and O–H groups in total. The summed E-state index contributed by atoms with van der Waals surface area (Å²) in [5.74, 6) is 0. The molecule has 8 nitrogen and oxygen atoms in total. The van der Waals surface area contributed by atoms with Crippen LogP contribution in [-0.2, 0) is 14.2 Å². The summed E-state index contributed by atoms with van der Waals surface area (Å²) in [6.45, 7) is 2.28. The van der Waals surface area contributed by atoms with Gasteiger partial charge in [-0.25, -0.2) is 0 Å². The fraction of sp³-hybridized carbons (Fsp3) is 1.00. The number of hydrogen-bond donors (Lipinski definition) is 5. The molecule has 2 rings (SSSR count). The number of ether oxygens (including phenoxy) is 3. The smallest absolute Gasteiger partial charge is 0.104 e. The van der Waals surface area contributed by atoms with Crippen LogP contribution in [0.15, 0.2) is 0 Å². The van der Waals surface area contributed by atoms with Gasteiger partial charge in [0.15, 0.2) is 0 Å². The van der Waals surface area contributed by atoms with Crippen molar-refractivity contribution in [2.45, 2.75) is 18.3 Å². The SMILES string of the molecule is C(OCC1CO1)C1CO1.OCC(O)CO.OCCO. The Bertz CT molecular complexity index is 166. The van der Waals surface area contributed by atoms with Gasteiger partial charge in [0.1, 0.15) is 18.3 Å². The van der Waals surface area contributed by atoms with Crippen molar-refractivity contribution in [2.75, 3.05) is 52.9 Å². The largest absolute Gasteiger partial charge is 0.394 e. The predicted molar refractivity (Wildman–Crippen MR) is 64.6 cm³/mol. The van der Waals surface area contributed by atoms with Crippen LogP contribution in [0.5, 0.6) is 0 Å². The topological polar surface area (TPSA) is 135 Å². The molecule has 2 saturated heterocycles. The van der Waals surface area contributed by atoms with Gasteiger partial charge in [-0.1, -0.05) is 0 Å². The van der Waals surface area contributed by atoms with Gasteiger partial charge in [-0.3, -0.25) is 0 Å². The summed E-state index contributed by atoms with van der Waals surface area (Å²) in [5, 5.41) is 39.3. The Hall–Kier alpha value is -0.320. The molecule has 0 radical (unpaired) electrons. The van der Waals surface area contributed by atoms with Crippen molar-refractivity contribution in [1.82, 2.24) is 0 Å². The Labute approximate surface area is 112 Å². The van der Waals surface area contributed by atoms with Gasteiger partial charge >= 0.3 is 0 Å². The summed E-state index contributed by atoms with van der Waals surface area (Å²) in [5.41, 5.74) is 0. The minimum atomic E-state index is -0.954. The zero-order valence-corrected chi connectivity index (χ0v) is 10.8. The first-order chi connectivity index (χ1) is 9.17. The van der Waals surface area contributed by atoms with E-state index in [2.05, 4.69) is 0 Å². The molecule has 0 aromatic heterocycles. The van der Waals surface area contributed by atoms with Crippen molar-refractivity contribution >= 4 is 0 Å². The van der Waals surface area contributed by atoms with E-state index in [4.69, 9.17) is 39.7 Å². The lowest BCUT2D eigenvalue weighted by Gasteiger charge is -1.96. The lowest BCUT2D eigenvalue weighted by molar-refractivity contribution is 0.0450. The van der Waals surface area contributed by atoms with E-state index in [0.29, 0.717) is 12.2 Å². The van der Waals surface area contributed by atoms with E-state index in [9.17, 15) is 0 Å². The Kier molecular flexibility index (Phi) is 12.5. The number of aliphatic hydroxyl groups is 5. The van der Waals surface area contributed by atoms with Gasteiger partial charge in [0, 0.05) is 0 Å². The van der Waals surface area contributed by atoms with Crippen LogP contribution in [0.1, 0.15) is 0 Å². The second-order valence-electron chi connectivity index (χ2n) is 3.91. The van der Waals surface area contributed by atoms with Crippen LogP contribution in [-0.4, -0.2) is 96.7 Å². The molecule has 2 aliphatic heterocycles. The van der Waals surface area contributed by atoms with E-state index in [1.807, 2.05) is 0 Å². The van der Waals surface area contributed by atoms with Gasteiger partial charge in [0.2, 0.25) is 0 Å². The van der Waals surface area contributed by atoms with Crippen LogP contribution >= 0.6 is 0 Å². The molecule has 2 heterocycles. The summed E-state index contributed by atoms with van der Waals surface area (Å²) in [6.07, 6.45) is -0.169. The van der Waals surface area contributed by atoms with Gasteiger partial charge in [-0.05, 0) is 0 Å². The second-order valence-corrected chi connectivity index (χ2v) is 3.91. The molecule has 2 aliphatic rings. The third kappa shape index (κ3) is 15.6. The molecule has 0 amide bonds. The van der Waals surface area contributed by atoms with Crippen LogP contribution < -0.4 is 0 Å². The molecular weight excluding hydrogens is 260 g/mol. The molecule has 0 bridgehead atoms. The predicted octanol–water partition coefficient (Wildman–Crippen LogP) is -2.90. The molecule has 2 unspecified atom stereocenters. The molecule has 2 fully saturated rings. The van der Waals surface area contributed by atoms with Crippen molar-refractivity contribution in [3.8, 4) is 0 Å². The van der Waals surface area contributed by atoms with Crippen LogP contribution in [0, 0.1) is 0 Å². The van der Waals surface area contributed by atoms with Crippen molar-refractivity contribution in [1.29, 1.82) is 0 Å². The highest BCUT2D eigenvalue weighted by atomic mass is 16.6. The van der Waals surface area contributed by atoms with E-state index in [1.165, 1.54) is 0 Å². The maximum absolute atomic E-state index is 8.17. The van der Waals surface area contributed by atoms with Crippen LogP contribution in [0.3, 0.4) is 0 Å². The van der Waals surface area contributed by atoms with E-state index in [-0.39, 0.29) is 26.4 Å². The molecule has 0 saturated carbocycles. The zero-order valence-electron chi connectivity index (χ0n) is 10.8. The fourth-order valence-corrected chi connectivity index (χ4v) is 0.717. The van der Waals surface area contributed by atoms with Crippen LogP contribution in [0.2, 0.25) is 0 Å². The minimum Gasteiger partial charge on any atom is -0.394 e. The van der Waals surface area contributed by atoms with E-state index in [1.54, 1.807) is 0 Å². The van der Waals surface area contributed by atoms with Gasteiger partial charge < -0.3 is 39.7 Å². The first kappa shape index (κ1) is 18.7. The van der Waals surface area contributed by atoms with Crippen molar-refractivity contribution in [2.24, 2.45) is 0 Å². The zero-order chi connectivity index (χ0) is 14.5. The van der Waals surface area contributed by atoms with Gasteiger partial charge in [-0.2, -0.15) is 0 Å². The van der Waals surface area contributed by atoms with Crippen molar-refractivity contribution < 1.29 is 39.7 Å². The van der Waals surface area contributed by atoms with Gasteiger partial charge in [-0.15, -0.1) is 0 Å². The molecule has 116 valence electrons. The maximum Gasteiger partial charge on any atom is 0.104 e.